The Morgan fingerprint density at radius 2 is 1.80 bits per heavy atom. The van der Waals surface area contributed by atoms with Gasteiger partial charge < -0.3 is 4.74 Å². The summed E-state index contributed by atoms with van der Waals surface area (Å²) < 4.78 is 4.54. The molecule has 0 aliphatic carbocycles. The molecule has 0 rings (SSSR count). The third-order valence-corrected chi connectivity index (χ3v) is 0.289. The Balaban J connectivity index is 0. The molecule has 5 heavy (non-hydrogen) atoms. The minimum absolute atomic E-state index is 0. The van der Waals surface area contributed by atoms with Crippen molar-refractivity contribution in [3.05, 3.63) is 0 Å². The fraction of sp³-hybridized carbons (Fsp3) is 1.00. The van der Waals surface area contributed by atoms with Gasteiger partial charge in [0, 0.05) is 13.7 Å². The smallest absolute Gasteiger partial charge is 0.187 e. The molecule has 0 amide bonds. The van der Waals surface area contributed by atoms with Gasteiger partial charge in [0.05, 0.1) is 0 Å². The Labute approximate surface area is 43.5 Å². The van der Waals surface area contributed by atoms with Crippen molar-refractivity contribution in [1.29, 1.82) is 0 Å². The molecule has 1 nitrogen and oxygen atoms in total. The van der Waals surface area contributed by atoms with Crippen LogP contribution in [-0.4, -0.2) is 31.1 Å². The molecule has 0 unspecified atom stereocenters. The summed E-state index contributed by atoms with van der Waals surface area (Å²) in [6.07, 6.45) is 0. The van der Waals surface area contributed by atoms with Crippen LogP contribution in [0.5, 0.6) is 0 Å². The molecular formula is C3H11AlO. The number of rotatable bonds is 1. The molecule has 0 saturated heterocycles. The molecule has 0 saturated carbocycles. The van der Waals surface area contributed by atoms with E-state index < -0.39 is 0 Å². The van der Waals surface area contributed by atoms with Crippen molar-refractivity contribution in [3.8, 4) is 0 Å². The summed E-state index contributed by atoms with van der Waals surface area (Å²) in [6.45, 7) is 2.78. The first-order valence-corrected chi connectivity index (χ1v) is 1.40. The van der Waals surface area contributed by atoms with E-state index in [1.165, 1.54) is 0 Å². The van der Waals surface area contributed by atoms with Crippen LogP contribution in [0.15, 0.2) is 0 Å². The molecule has 0 aromatic rings. The van der Waals surface area contributed by atoms with E-state index in [-0.39, 0.29) is 17.4 Å². The highest BCUT2D eigenvalue weighted by Crippen LogP contribution is 1.52. The third-order valence-electron chi connectivity index (χ3n) is 0.289. The maximum Gasteiger partial charge on any atom is 0.187 e. The standard InChI is InChI=1S/C3H8O.Al.3H/c1-3-4-2;;;;/h3H2,1-2H3;;;;. The largest absolute Gasteiger partial charge is 0.385 e. The van der Waals surface area contributed by atoms with Gasteiger partial charge in [-0.25, -0.2) is 0 Å². The molecule has 0 atom stereocenters. The van der Waals surface area contributed by atoms with Crippen LogP contribution >= 0.6 is 0 Å². The Morgan fingerprint density at radius 3 is 1.80 bits per heavy atom. The van der Waals surface area contributed by atoms with Gasteiger partial charge in [0.15, 0.2) is 17.4 Å². The molecule has 0 radical (unpaired) electrons. The first kappa shape index (κ1) is 9.09. The van der Waals surface area contributed by atoms with Crippen LogP contribution in [-0.2, 0) is 4.74 Å². The summed E-state index contributed by atoms with van der Waals surface area (Å²) >= 11 is 0. The Morgan fingerprint density at radius 1 is 1.60 bits per heavy atom. The lowest BCUT2D eigenvalue weighted by Crippen LogP contribution is -1.73. The first-order valence-electron chi connectivity index (χ1n) is 1.40. The van der Waals surface area contributed by atoms with Crippen molar-refractivity contribution in [2.24, 2.45) is 0 Å². The molecule has 0 bridgehead atoms. The number of methoxy groups -OCH3 is 1. The van der Waals surface area contributed by atoms with E-state index in [1.807, 2.05) is 6.92 Å². The minimum Gasteiger partial charge on any atom is -0.385 e. The van der Waals surface area contributed by atoms with E-state index in [1.54, 1.807) is 7.11 Å². The topological polar surface area (TPSA) is 9.23 Å². The quantitative estimate of drug-likeness (QED) is 0.393. The van der Waals surface area contributed by atoms with Crippen molar-refractivity contribution >= 4 is 17.4 Å². The van der Waals surface area contributed by atoms with E-state index in [9.17, 15) is 0 Å². The summed E-state index contributed by atoms with van der Waals surface area (Å²) in [5, 5.41) is 0. The van der Waals surface area contributed by atoms with Crippen LogP contribution in [0.1, 0.15) is 6.92 Å². The Kier molecular flexibility index (Phi) is 16.0. The molecule has 0 aromatic carbocycles. The molecule has 0 aliphatic heterocycles. The van der Waals surface area contributed by atoms with Crippen molar-refractivity contribution in [1.82, 2.24) is 0 Å². The van der Waals surface area contributed by atoms with Gasteiger partial charge in [0.25, 0.3) is 0 Å². The summed E-state index contributed by atoms with van der Waals surface area (Å²) in [5.74, 6) is 0. The summed E-state index contributed by atoms with van der Waals surface area (Å²) in [7, 11) is 1.68. The van der Waals surface area contributed by atoms with E-state index >= 15 is 0 Å². The highest BCUT2D eigenvalue weighted by Gasteiger charge is 1.51. The molecule has 32 valence electrons. The SMILES string of the molecule is CCOC.[AlH3]. The van der Waals surface area contributed by atoms with Crippen LogP contribution in [0.25, 0.3) is 0 Å². The van der Waals surface area contributed by atoms with Crippen molar-refractivity contribution < 1.29 is 4.74 Å². The summed E-state index contributed by atoms with van der Waals surface area (Å²) in [6, 6.07) is 0. The molecule has 0 N–H and O–H groups in total. The zero-order valence-corrected chi connectivity index (χ0v) is 3.12. The number of hydrogen-bond acceptors (Lipinski definition) is 1. The van der Waals surface area contributed by atoms with E-state index in [0.717, 1.165) is 6.61 Å². The van der Waals surface area contributed by atoms with E-state index in [4.69, 9.17) is 0 Å². The molecule has 0 aliphatic rings. The summed E-state index contributed by atoms with van der Waals surface area (Å²) in [5.41, 5.74) is 0. The second kappa shape index (κ2) is 8.82. The summed E-state index contributed by atoms with van der Waals surface area (Å²) in [4.78, 5) is 0. The van der Waals surface area contributed by atoms with E-state index in [2.05, 4.69) is 4.74 Å². The van der Waals surface area contributed by atoms with Gasteiger partial charge in [-0.1, -0.05) is 0 Å². The highest BCUT2D eigenvalue weighted by atomic mass is 27.0. The van der Waals surface area contributed by atoms with Crippen LogP contribution in [0, 0.1) is 0 Å². The second-order valence-corrected chi connectivity index (χ2v) is 0.577. The van der Waals surface area contributed by atoms with E-state index in [0.29, 0.717) is 0 Å². The molecule has 0 spiro atoms. The van der Waals surface area contributed by atoms with Crippen LogP contribution in [0.2, 0.25) is 0 Å². The number of hydrogen-bond donors (Lipinski definition) is 0. The predicted octanol–water partition coefficient (Wildman–Crippen LogP) is -0.531. The van der Waals surface area contributed by atoms with Gasteiger partial charge in [-0.15, -0.1) is 0 Å². The van der Waals surface area contributed by atoms with Gasteiger partial charge in [-0.3, -0.25) is 0 Å². The second-order valence-electron chi connectivity index (χ2n) is 0.577. The maximum atomic E-state index is 4.54. The molecule has 0 heterocycles. The fourth-order valence-electron chi connectivity index (χ4n) is 0. The Hall–Kier alpha value is 0.492. The van der Waals surface area contributed by atoms with Gasteiger partial charge >= 0.3 is 0 Å². The van der Waals surface area contributed by atoms with Crippen LogP contribution < -0.4 is 0 Å². The monoisotopic (exact) mass is 90.1 g/mol. The van der Waals surface area contributed by atoms with Crippen molar-refractivity contribution in [2.45, 2.75) is 6.92 Å². The first-order chi connectivity index (χ1) is 1.91. The average molecular weight is 90.1 g/mol. The zero-order chi connectivity index (χ0) is 3.41. The van der Waals surface area contributed by atoms with Crippen LogP contribution in [0.4, 0.5) is 0 Å². The van der Waals surface area contributed by atoms with Crippen molar-refractivity contribution in [3.63, 3.8) is 0 Å². The van der Waals surface area contributed by atoms with Gasteiger partial charge in [0.2, 0.25) is 0 Å². The lowest BCUT2D eigenvalue weighted by molar-refractivity contribution is 0.215. The van der Waals surface area contributed by atoms with Crippen LogP contribution in [0.3, 0.4) is 0 Å². The lowest BCUT2D eigenvalue weighted by atomic mass is 10.9. The fourth-order valence-corrected chi connectivity index (χ4v) is 0. The van der Waals surface area contributed by atoms with Gasteiger partial charge in [0.1, 0.15) is 0 Å². The Bertz CT molecular complexity index is 8.85. The molecule has 0 aromatic heterocycles. The zero-order valence-electron chi connectivity index (χ0n) is 3.12. The molecule has 0 fully saturated rings. The van der Waals surface area contributed by atoms with Crippen molar-refractivity contribution in [2.75, 3.05) is 13.7 Å². The predicted molar refractivity (Wildman–Crippen MR) is 27.5 cm³/mol. The van der Waals surface area contributed by atoms with Gasteiger partial charge in [-0.2, -0.15) is 0 Å². The molecular weight excluding hydrogens is 79.0 g/mol. The highest BCUT2D eigenvalue weighted by molar-refractivity contribution is 5.75. The number of ether oxygens (including phenoxy) is 1. The lowest BCUT2D eigenvalue weighted by Gasteiger charge is -1.76. The molecule has 2 heteroatoms. The van der Waals surface area contributed by atoms with Gasteiger partial charge in [-0.05, 0) is 6.92 Å². The maximum absolute atomic E-state index is 4.54. The third kappa shape index (κ3) is 12.5. The average Bonchev–Trinajstić information content (AvgIpc) is 1.37. The minimum atomic E-state index is 0. The normalized spacial score (nSPS) is 6.00.